The lowest BCUT2D eigenvalue weighted by Crippen LogP contribution is -2.50. The van der Waals surface area contributed by atoms with E-state index in [1.807, 2.05) is 20.8 Å². The molecule has 0 radical (unpaired) electrons. The summed E-state index contributed by atoms with van der Waals surface area (Å²) >= 11 is 0.683. The van der Waals surface area contributed by atoms with Crippen molar-refractivity contribution >= 4 is 40.6 Å². The first-order valence-corrected chi connectivity index (χ1v) is 12.4. The van der Waals surface area contributed by atoms with Crippen molar-refractivity contribution in [2.24, 2.45) is 5.73 Å². The summed E-state index contributed by atoms with van der Waals surface area (Å²) in [5.74, 6) is -1.96. The molecule has 0 fully saturated rings. The normalized spacial score (nSPS) is 11.9. The number of nitrogens with two attached hydrogens (primary N) is 2. The molecule has 1 atom stereocenters. The number of ether oxygens (including phenoxy) is 2. The van der Waals surface area contributed by atoms with Gasteiger partial charge < -0.3 is 26.3 Å². The number of benzene rings is 2. The maximum atomic E-state index is 14.1. The maximum Gasteiger partial charge on any atom is 0.273 e. The molecule has 3 amide bonds. The van der Waals surface area contributed by atoms with Crippen LogP contribution in [0.4, 0.5) is 15.8 Å². The van der Waals surface area contributed by atoms with Crippen LogP contribution in [0.2, 0.25) is 0 Å². The minimum absolute atomic E-state index is 0.0942. The van der Waals surface area contributed by atoms with E-state index in [0.717, 1.165) is 0 Å². The number of hydrogen-bond donors (Lipinski definition) is 3. The number of rotatable bonds is 10. The van der Waals surface area contributed by atoms with Gasteiger partial charge >= 0.3 is 0 Å². The first-order chi connectivity index (χ1) is 17.9. The molecule has 0 saturated carbocycles. The molecule has 202 valence electrons. The van der Waals surface area contributed by atoms with Crippen molar-refractivity contribution in [3.63, 3.8) is 0 Å². The van der Waals surface area contributed by atoms with Crippen LogP contribution >= 0.6 is 11.5 Å². The van der Waals surface area contributed by atoms with E-state index in [4.69, 9.17) is 20.9 Å². The van der Waals surface area contributed by atoms with Crippen LogP contribution < -0.4 is 31.2 Å². The predicted molar refractivity (Wildman–Crippen MR) is 143 cm³/mol. The maximum absolute atomic E-state index is 14.1. The Morgan fingerprint density at radius 1 is 1.11 bits per heavy atom. The second-order valence-corrected chi connectivity index (χ2v) is 9.81. The number of anilines is 2. The highest BCUT2D eigenvalue weighted by molar-refractivity contribution is 7.09. The van der Waals surface area contributed by atoms with Crippen LogP contribution in [-0.2, 0) is 4.79 Å². The molecule has 1 heterocycles. The van der Waals surface area contributed by atoms with Crippen LogP contribution in [0.5, 0.6) is 11.5 Å². The fourth-order valence-electron chi connectivity index (χ4n) is 3.65. The second kappa shape index (κ2) is 11.5. The average molecular weight is 544 g/mol. The van der Waals surface area contributed by atoms with Gasteiger partial charge in [-0.1, -0.05) is 19.1 Å². The van der Waals surface area contributed by atoms with Gasteiger partial charge in [0.1, 0.15) is 16.7 Å². The monoisotopic (exact) mass is 543 g/mol. The van der Waals surface area contributed by atoms with E-state index >= 15 is 0 Å². The lowest BCUT2D eigenvalue weighted by atomic mass is 9.98. The number of halogens is 1. The van der Waals surface area contributed by atoms with E-state index in [2.05, 4.69) is 9.69 Å². The molecule has 0 aliphatic rings. The van der Waals surface area contributed by atoms with Gasteiger partial charge in [-0.2, -0.15) is 4.37 Å². The summed E-state index contributed by atoms with van der Waals surface area (Å²) < 4.78 is 28.5. The first kappa shape index (κ1) is 28.4. The van der Waals surface area contributed by atoms with E-state index in [0.29, 0.717) is 35.0 Å². The van der Waals surface area contributed by atoms with Crippen LogP contribution in [0.15, 0.2) is 42.5 Å². The Bertz CT molecular complexity index is 1340. The molecular formula is C26H30FN5O5S. The third-order valence-corrected chi connectivity index (χ3v) is 6.91. The van der Waals surface area contributed by atoms with Gasteiger partial charge in [-0.05, 0) is 61.6 Å². The molecule has 10 nitrogen and oxygen atoms in total. The molecular weight excluding hydrogens is 513 g/mol. The summed E-state index contributed by atoms with van der Waals surface area (Å²) in [6, 6.07) is 8.64. The van der Waals surface area contributed by atoms with Gasteiger partial charge in [0, 0.05) is 17.3 Å². The number of nitrogen functional groups attached to an aromatic ring is 1. The van der Waals surface area contributed by atoms with E-state index in [-0.39, 0.29) is 21.9 Å². The Morgan fingerprint density at radius 3 is 2.26 bits per heavy atom. The van der Waals surface area contributed by atoms with Crippen molar-refractivity contribution in [1.82, 2.24) is 9.69 Å². The van der Waals surface area contributed by atoms with Gasteiger partial charge in [0.05, 0.1) is 19.9 Å². The number of carbonyl (C=O) groups excluding carboxylic acids is 3. The van der Waals surface area contributed by atoms with Gasteiger partial charge in [-0.3, -0.25) is 19.3 Å². The molecule has 3 aromatic rings. The van der Waals surface area contributed by atoms with Gasteiger partial charge in [-0.25, -0.2) is 4.39 Å². The number of methoxy groups -OCH3 is 2. The molecule has 1 aromatic heterocycles. The van der Waals surface area contributed by atoms with Crippen LogP contribution in [0.1, 0.15) is 59.0 Å². The van der Waals surface area contributed by atoms with Crippen molar-refractivity contribution in [2.45, 2.75) is 38.8 Å². The van der Waals surface area contributed by atoms with E-state index < -0.39 is 35.1 Å². The highest BCUT2D eigenvalue weighted by Crippen LogP contribution is 2.38. The summed E-state index contributed by atoms with van der Waals surface area (Å²) in [5, 5.41) is 2.96. The van der Waals surface area contributed by atoms with E-state index in [1.54, 1.807) is 12.1 Å². The van der Waals surface area contributed by atoms with Crippen molar-refractivity contribution in [3.05, 3.63) is 64.4 Å². The number of nitrogens with zero attached hydrogens (tertiary/aromatic N) is 2. The lowest BCUT2D eigenvalue weighted by molar-refractivity contribution is -0.124. The fourth-order valence-corrected chi connectivity index (χ4v) is 4.39. The molecule has 0 aliphatic heterocycles. The van der Waals surface area contributed by atoms with Crippen molar-refractivity contribution < 1.29 is 28.2 Å². The van der Waals surface area contributed by atoms with Crippen LogP contribution in [0.25, 0.3) is 0 Å². The standard InChI is InChI=1S/C26H30FN5O5S/c1-6-26(2,3)30-24(34)21(14-7-9-15(27)10-8-14)32(16-11-12-17(36-4)18(13-16)37-5)25(35)22-19(28)20(23(29)33)31-38-22/h7-13,21H,6,28H2,1-5H3,(H2,29,33)(H,30,34)/t21-/m0/s1. The van der Waals surface area contributed by atoms with Gasteiger partial charge in [0.15, 0.2) is 17.2 Å². The van der Waals surface area contributed by atoms with Gasteiger partial charge in [-0.15, -0.1) is 0 Å². The Labute approximate surface area is 223 Å². The zero-order valence-corrected chi connectivity index (χ0v) is 22.5. The van der Waals surface area contributed by atoms with Crippen molar-refractivity contribution in [2.75, 3.05) is 24.9 Å². The molecule has 38 heavy (non-hydrogen) atoms. The summed E-state index contributed by atoms with van der Waals surface area (Å²) in [6.45, 7) is 5.60. The summed E-state index contributed by atoms with van der Waals surface area (Å²) in [6.07, 6.45) is 0.600. The Hall–Kier alpha value is -4.19. The molecule has 0 unspecified atom stereocenters. The topological polar surface area (TPSA) is 150 Å². The zero-order valence-electron chi connectivity index (χ0n) is 21.7. The number of carbonyl (C=O) groups is 3. The predicted octanol–water partition coefficient (Wildman–Crippen LogP) is 3.67. The molecule has 0 saturated heterocycles. The lowest BCUT2D eigenvalue weighted by Gasteiger charge is -2.34. The van der Waals surface area contributed by atoms with Crippen LogP contribution in [0, 0.1) is 5.82 Å². The van der Waals surface area contributed by atoms with Gasteiger partial charge in [0.2, 0.25) is 5.91 Å². The number of primary amides is 1. The smallest absolute Gasteiger partial charge is 0.273 e. The molecule has 0 aliphatic carbocycles. The van der Waals surface area contributed by atoms with Crippen molar-refractivity contribution in [3.8, 4) is 11.5 Å². The van der Waals surface area contributed by atoms with E-state index in [1.165, 1.54) is 49.5 Å². The number of aromatic nitrogens is 1. The highest BCUT2D eigenvalue weighted by atomic mass is 32.1. The number of nitrogens with one attached hydrogen (secondary N) is 1. The summed E-state index contributed by atoms with van der Waals surface area (Å²) in [7, 11) is 2.90. The minimum atomic E-state index is -1.27. The molecule has 3 rings (SSSR count). The van der Waals surface area contributed by atoms with Crippen LogP contribution in [0.3, 0.4) is 0 Å². The quantitative estimate of drug-likeness (QED) is 0.353. The highest BCUT2D eigenvalue weighted by Gasteiger charge is 2.38. The number of amides is 3. The third kappa shape index (κ3) is 5.86. The molecule has 2 aromatic carbocycles. The average Bonchev–Trinajstić information content (AvgIpc) is 3.28. The number of hydrogen-bond acceptors (Lipinski definition) is 8. The molecule has 0 bridgehead atoms. The first-order valence-electron chi connectivity index (χ1n) is 11.6. The Morgan fingerprint density at radius 2 is 1.74 bits per heavy atom. The fraction of sp³-hybridized carbons (Fsp3) is 0.308. The largest absolute Gasteiger partial charge is 0.493 e. The second-order valence-electron chi connectivity index (χ2n) is 9.03. The third-order valence-electron chi connectivity index (χ3n) is 6.06. The molecule has 0 spiro atoms. The zero-order chi connectivity index (χ0) is 28.2. The molecule has 5 N–H and O–H groups in total. The molecule has 12 heteroatoms. The Balaban J connectivity index is 2.29. The van der Waals surface area contributed by atoms with Crippen LogP contribution in [-0.4, -0.2) is 41.9 Å². The van der Waals surface area contributed by atoms with E-state index in [9.17, 15) is 18.8 Å². The van der Waals surface area contributed by atoms with Gasteiger partial charge in [0.25, 0.3) is 11.8 Å². The SMILES string of the molecule is CCC(C)(C)NC(=O)[C@H](c1ccc(F)cc1)N(C(=O)c1snc(C(N)=O)c1N)c1ccc(OC)c(OC)c1. The minimum Gasteiger partial charge on any atom is -0.493 e. The Kier molecular flexibility index (Phi) is 8.56. The van der Waals surface area contributed by atoms with Crippen molar-refractivity contribution in [1.29, 1.82) is 0 Å². The summed E-state index contributed by atoms with van der Waals surface area (Å²) in [5.41, 5.74) is 10.9. The summed E-state index contributed by atoms with van der Waals surface area (Å²) in [4.78, 5) is 40.8.